The number of ketones is 1. The summed E-state index contributed by atoms with van der Waals surface area (Å²) in [7, 11) is 0. The fourth-order valence-electron chi connectivity index (χ4n) is 2.16. The number of hydrogen-bond acceptors (Lipinski definition) is 2. The summed E-state index contributed by atoms with van der Waals surface area (Å²) in [6.45, 7) is 5.12. The first-order valence-electron chi connectivity index (χ1n) is 5.61. The van der Waals surface area contributed by atoms with Crippen LogP contribution in [0.3, 0.4) is 0 Å². The highest BCUT2D eigenvalue weighted by molar-refractivity contribution is 6.13. The molecule has 0 radical (unpaired) electrons. The summed E-state index contributed by atoms with van der Waals surface area (Å²) in [4.78, 5) is 23.7. The average Bonchev–Trinajstić information content (AvgIpc) is 3.06. The van der Waals surface area contributed by atoms with Crippen LogP contribution in [0.1, 0.15) is 13.3 Å². The Balaban J connectivity index is 2.15. The second-order valence-electron chi connectivity index (χ2n) is 4.39. The van der Waals surface area contributed by atoms with Gasteiger partial charge in [-0.1, -0.05) is 24.3 Å². The zero-order valence-electron chi connectivity index (χ0n) is 9.77. The molecule has 88 valence electrons. The molecule has 2 unspecified atom stereocenters. The van der Waals surface area contributed by atoms with E-state index in [2.05, 4.69) is 11.9 Å². The Morgan fingerprint density at radius 1 is 1.41 bits per heavy atom. The smallest absolute Gasteiger partial charge is 0.238 e. The molecule has 1 amide bonds. The Morgan fingerprint density at radius 2 is 2.06 bits per heavy atom. The van der Waals surface area contributed by atoms with Crippen molar-refractivity contribution < 1.29 is 9.59 Å². The number of para-hydroxylation sites is 1. The van der Waals surface area contributed by atoms with Crippen molar-refractivity contribution in [1.82, 2.24) is 0 Å². The van der Waals surface area contributed by atoms with E-state index in [1.807, 2.05) is 18.2 Å². The molecule has 0 aromatic heterocycles. The number of hydrogen-bond donors (Lipinski definition) is 1. The molecular formula is C14H15NO2. The predicted octanol–water partition coefficient (Wildman–Crippen LogP) is 2.41. The first-order valence-corrected chi connectivity index (χ1v) is 5.61. The second kappa shape index (κ2) is 4.17. The van der Waals surface area contributed by atoms with Crippen LogP contribution in [0, 0.1) is 11.3 Å². The van der Waals surface area contributed by atoms with Gasteiger partial charge in [-0.05, 0) is 31.4 Å². The Labute approximate surface area is 101 Å². The van der Waals surface area contributed by atoms with E-state index >= 15 is 0 Å². The van der Waals surface area contributed by atoms with Gasteiger partial charge in [0.25, 0.3) is 0 Å². The van der Waals surface area contributed by atoms with Crippen LogP contribution in [0.15, 0.2) is 43.0 Å². The molecule has 17 heavy (non-hydrogen) atoms. The number of rotatable bonds is 4. The fraction of sp³-hybridized carbons (Fsp3) is 0.286. The number of anilines is 1. The Kier molecular flexibility index (Phi) is 2.84. The number of benzene rings is 1. The molecule has 0 bridgehead atoms. The lowest BCUT2D eigenvalue weighted by Crippen LogP contribution is -2.31. The highest BCUT2D eigenvalue weighted by Gasteiger charge is 2.62. The SMILES string of the molecule is C=CC1CC1(C(C)=O)C(=O)Nc1ccccc1. The number of Topliss-reactive ketones (excluding diaryl/α,β-unsaturated/α-hetero) is 1. The maximum absolute atomic E-state index is 12.1. The van der Waals surface area contributed by atoms with Gasteiger partial charge in [0.15, 0.2) is 0 Å². The molecule has 0 saturated heterocycles. The molecule has 1 aromatic rings. The van der Waals surface area contributed by atoms with Crippen molar-refractivity contribution in [1.29, 1.82) is 0 Å². The summed E-state index contributed by atoms with van der Waals surface area (Å²) in [5.74, 6) is -0.333. The quantitative estimate of drug-likeness (QED) is 0.636. The van der Waals surface area contributed by atoms with Crippen molar-refractivity contribution in [2.24, 2.45) is 11.3 Å². The van der Waals surface area contributed by atoms with Crippen molar-refractivity contribution in [2.75, 3.05) is 5.32 Å². The third-order valence-electron chi connectivity index (χ3n) is 3.36. The van der Waals surface area contributed by atoms with Crippen molar-refractivity contribution in [2.45, 2.75) is 13.3 Å². The van der Waals surface area contributed by atoms with E-state index in [9.17, 15) is 9.59 Å². The molecule has 1 aliphatic rings. The normalized spacial score (nSPS) is 26.1. The maximum Gasteiger partial charge on any atom is 0.238 e. The number of carbonyl (C=O) groups is 2. The van der Waals surface area contributed by atoms with Crippen LogP contribution < -0.4 is 5.32 Å². The number of amides is 1. The Hall–Kier alpha value is -1.90. The molecule has 3 heteroatoms. The Morgan fingerprint density at radius 3 is 2.53 bits per heavy atom. The molecule has 1 aromatic carbocycles. The summed E-state index contributed by atoms with van der Waals surface area (Å²) in [6.07, 6.45) is 2.26. The molecule has 3 nitrogen and oxygen atoms in total. The van der Waals surface area contributed by atoms with Crippen molar-refractivity contribution >= 4 is 17.4 Å². The molecule has 2 rings (SSSR count). The maximum atomic E-state index is 12.1. The van der Waals surface area contributed by atoms with E-state index in [4.69, 9.17) is 0 Å². The van der Waals surface area contributed by atoms with E-state index in [0.29, 0.717) is 12.1 Å². The minimum atomic E-state index is -0.877. The summed E-state index contributed by atoms with van der Waals surface area (Å²) >= 11 is 0. The summed E-state index contributed by atoms with van der Waals surface area (Å²) in [6, 6.07) is 9.16. The molecule has 1 N–H and O–H groups in total. The van der Waals surface area contributed by atoms with E-state index in [1.54, 1.807) is 18.2 Å². The van der Waals surface area contributed by atoms with Crippen LogP contribution in [-0.4, -0.2) is 11.7 Å². The molecule has 2 atom stereocenters. The lowest BCUT2D eigenvalue weighted by molar-refractivity contribution is -0.132. The van der Waals surface area contributed by atoms with Gasteiger partial charge in [-0.15, -0.1) is 6.58 Å². The van der Waals surface area contributed by atoms with Gasteiger partial charge in [-0.3, -0.25) is 9.59 Å². The molecule has 0 spiro atoms. The highest BCUT2D eigenvalue weighted by atomic mass is 16.2. The Bertz CT molecular complexity index is 466. The summed E-state index contributed by atoms with van der Waals surface area (Å²) < 4.78 is 0. The van der Waals surface area contributed by atoms with Crippen LogP contribution in [-0.2, 0) is 9.59 Å². The van der Waals surface area contributed by atoms with Crippen LogP contribution in [0.5, 0.6) is 0 Å². The first-order chi connectivity index (χ1) is 8.11. The number of allylic oxidation sites excluding steroid dienone is 1. The highest BCUT2D eigenvalue weighted by Crippen LogP contribution is 2.54. The molecule has 0 heterocycles. The van der Waals surface area contributed by atoms with Crippen molar-refractivity contribution in [3.8, 4) is 0 Å². The molecule has 0 aliphatic heterocycles. The van der Waals surface area contributed by atoms with E-state index in [-0.39, 0.29) is 17.6 Å². The van der Waals surface area contributed by atoms with E-state index < -0.39 is 5.41 Å². The van der Waals surface area contributed by atoms with Crippen molar-refractivity contribution in [3.63, 3.8) is 0 Å². The van der Waals surface area contributed by atoms with Crippen LogP contribution >= 0.6 is 0 Å². The summed E-state index contributed by atoms with van der Waals surface area (Å²) in [5, 5.41) is 2.78. The lowest BCUT2D eigenvalue weighted by atomic mass is 9.97. The van der Waals surface area contributed by atoms with Gasteiger partial charge in [-0.25, -0.2) is 0 Å². The molecular weight excluding hydrogens is 214 g/mol. The zero-order chi connectivity index (χ0) is 12.5. The summed E-state index contributed by atoms with van der Waals surface area (Å²) in [5.41, 5.74) is -0.162. The number of carbonyl (C=O) groups excluding carboxylic acids is 2. The molecule has 1 saturated carbocycles. The minimum Gasteiger partial charge on any atom is -0.325 e. The van der Waals surface area contributed by atoms with Gasteiger partial charge >= 0.3 is 0 Å². The van der Waals surface area contributed by atoms with E-state index in [0.717, 1.165) is 0 Å². The standard InChI is InChI=1S/C14H15NO2/c1-3-11-9-14(11,10(2)16)13(17)15-12-7-5-4-6-8-12/h3-8,11H,1,9H2,2H3,(H,15,17). The fourth-order valence-corrected chi connectivity index (χ4v) is 2.16. The van der Waals surface area contributed by atoms with Gasteiger partial charge in [0, 0.05) is 5.69 Å². The third kappa shape index (κ3) is 1.88. The van der Waals surface area contributed by atoms with Gasteiger partial charge in [-0.2, -0.15) is 0 Å². The second-order valence-corrected chi connectivity index (χ2v) is 4.39. The topological polar surface area (TPSA) is 46.2 Å². The zero-order valence-corrected chi connectivity index (χ0v) is 9.77. The molecule has 1 aliphatic carbocycles. The largest absolute Gasteiger partial charge is 0.325 e. The number of nitrogens with one attached hydrogen (secondary N) is 1. The van der Waals surface area contributed by atoms with Gasteiger partial charge in [0.05, 0.1) is 0 Å². The first kappa shape index (κ1) is 11.6. The minimum absolute atomic E-state index is 0.0243. The monoisotopic (exact) mass is 229 g/mol. The van der Waals surface area contributed by atoms with Gasteiger partial charge < -0.3 is 5.32 Å². The van der Waals surface area contributed by atoms with Crippen LogP contribution in [0.4, 0.5) is 5.69 Å². The average molecular weight is 229 g/mol. The lowest BCUT2D eigenvalue weighted by Gasteiger charge is -2.13. The van der Waals surface area contributed by atoms with E-state index in [1.165, 1.54) is 6.92 Å². The third-order valence-corrected chi connectivity index (χ3v) is 3.36. The van der Waals surface area contributed by atoms with Crippen LogP contribution in [0.25, 0.3) is 0 Å². The van der Waals surface area contributed by atoms with Crippen molar-refractivity contribution in [3.05, 3.63) is 43.0 Å². The predicted molar refractivity (Wildman–Crippen MR) is 66.5 cm³/mol. The van der Waals surface area contributed by atoms with Gasteiger partial charge in [0.2, 0.25) is 5.91 Å². The molecule has 1 fully saturated rings. The van der Waals surface area contributed by atoms with Crippen LogP contribution in [0.2, 0.25) is 0 Å². The van der Waals surface area contributed by atoms with Gasteiger partial charge in [0.1, 0.15) is 11.2 Å².